The van der Waals surface area contributed by atoms with Gasteiger partial charge < -0.3 is 10.5 Å². The van der Waals surface area contributed by atoms with Gasteiger partial charge in [-0.3, -0.25) is 4.39 Å². The molecule has 1 aromatic carbocycles. The molecule has 0 aliphatic rings. The van der Waals surface area contributed by atoms with Crippen molar-refractivity contribution in [2.45, 2.75) is 12.8 Å². The van der Waals surface area contributed by atoms with Crippen molar-refractivity contribution in [1.82, 2.24) is 0 Å². The summed E-state index contributed by atoms with van der Waals surface area (Å²) in [4.78, 5) is 0. The standard InChI is InChI=1S/C11H15BrFNO/c12-10-4-1-3-9(5-7-14)11(10)15-8-2-6-13/h1,3-4H,2,5-8,14H2. The van der Waals surface area contributed by atoms with Gasteiger partial charge in [-0.15, -0.1) is 0 Å². The molecular formula is C11H15BrFNO. The average molecular weight is 276 g/mol. The Labute approximate surface area is 97.7 Å². The molecule has 1 aromatic rings. The lowest BCUT2D eigenvalue weighted by molar-refractivity contribution is 0.285. The molecule has 2 N–H and O–H groups in total. The van der Waals surface area contributed by atoms with Gasteiger partial charge in [-0.25, -0.2) is 0 Å². The third kappa shape index (κ3) is 3.80. The van der Waals surface area contributed by atoms with Crippen LogP contribution < -0.4 is 10.5 Å². The summed E-state index contributed by atoms with van der Waals surface area (Å²) >= 11 is 3.41. The maximum atomic E-state index is 11.9. The zero-order valence-corrected chi connectivity index (χ0v) is 10.1. The van der Waals surface area contributed by atoms with Crippen LogP contribution in [0, 0.1) is 0 Å². The van der Waals surface area contributed by atoms with Crippen LogP contribution in [0.5, 0.6) is 5.75 Å². The van der Waals surface area contributed by atoms with Crippen molar-refractivity contribution >= 4 is 15.9 Å². The normalized spacial score (nSPS) is 10.3. The smallest absolute Gasteiger partial charge is 0.136 e. The van der Waals surface area contributed by atoms with Gasteiger partial charge in [-0.1, -0.05) is 12.1 Å². The van der Waals surface area contributed by atoms with Crippen molar-refractivity contribution in [3.05, 3.63) is 28.2 Å². The molecule has 0 amide bonds. The van der Waals surface area contributed by atoms with E-state index in [0.717, 1.165) is 22.2 Å². The fourth-order valence-corrected chi connectivity index (χ4v) is 1.82. The Morgan fingerprint density at radius 2 is 2.20 bits per heavy atom. The summed E-state index contributed by atoms with van der Waals surface area (Å²) in [6.07, 6.45) is 1.19. The summed E-state index contributed by atoms with van der Waals surface area (Å²) in [5.41, 5.74) is 6.56. The van der Waals surface area contributed by atoms with Gasteiger partial charge in [-0.2, -0.15) is 0 Å². The van der Waals surface area contributed by atoms with Gasteiger partial charge in [0.1, 0.15) is 5.75 Å². The molecule has 0 aliphatic carbocycles. The molecule has 0 aliphatic heterocycles. The van der Waals surface area contributed by atoms with Gasteiger partial charge in [0.2, 0.25) is 0 Å². The van der Waals surface area contributed by atoms with Crippen LogP contribution >= 0.6 is 15.9 Å². The van der Waals surface area contributed by atoms with E-state index in [4.69, 9.17) is 10.5 Å². The third-order valence-corrected chi connectivity index (χ3v) is 2.61. The van der Waals surface area contributed by atoms with E-state index in [0.29, 0.717) is 19.6 Å². The summed E-state index contributed by atoms with van der Waals surface area (Å²) in [7, 11) is 0. The number of halogens is 2. The molecule has 84 valence electrons. The molecule has 0 fully saturated rings. The minimum Gasteiger partial charge on any atom is -0.492 e. The summed E-state index contributed by atoms with van der Waals surface area (Å²) in [6, 6.07) is 5.82. The quantitative estimate of drug-likeness (QED) is 0.811. The van der Waals surface area contributed by atoms with Crippen molar-refractivity contribution in [2.75, 3.05) is 19.8 Å². The molecule has 0 saturated carbocycles. The number of nitrogens with two attached hydrogens (primary N) is 1. The Hall–Kier alpha value is -0.610. The van der Waals surface area contributed by atoms with Crippen LogP contribution in [-0.2, 0) is 6.42 Å². The Balaban J connectivity index is 2.72. The number of benzene rings is 1. The lowest BCUT2D eigenvalue weighted by atomic mass is 10.1. The molecule has 0 bridgehead atoms. The number of alkyl halides is 1. The van der Waals surface area contributed by atoms with Crippen molar-refractivity contribution < 1.29 is 9.13 Å². The SMILES string of the molecule is NCCc1cccc(Br)c1OCCCF. The van der Waals surface area contributed by atoms with E-state index in [2.05, 4.69) is 15.9 Å². The lowest BCUT2D eigenvalue weighted by Gasteiger charge is -2.12. The first kappa shape index (κ1) is 12.5. The second-order valence-corrected chi connectivity index (χ2v) is 4.01. The maximum Gasteiger partial charge on any atom is 0.136 e. The van der Waals surface area contributed by atoms with Crippen LogP contribution in [0.3, 0.4) is 0 Å². The first-order valence-corrected chi connectivity index (χ1v) is 5.75. The molecule has 0 atom stereocenters. The van der Waals surface area contributed by atoms with E-state index >= 15 is 0 Å². The molecule has 0 unspecified atom stereocenters. The summed E-state index contributed by atoms with van der Waals surface area (Å²) < 4.78 is 18.3. The highest BCUT2D eigenvalue weighted by Gasteiger charge is 2.06. The predicted octanol–water partition coefficient (Wildman–Crippen LogP) is 2.69. The van der Waals surface area contributed by atoms with Crippen LogP contribution in [0.15, 0.2) is 22.7 Å². The Bertz CT molecular complexity index is 307. The number of hydrogen-bond acceptors (Lipinski definition) is 2. The molecule has 0 spiro atoms. The molecule has 1 rings (SSSR count). The first-order chi connectivity index (χ1) is 7.29. The zero-order chi connectivity index (χ0) is 11.1. The van der Waals surface area contributed by atoms with Crippen molar-refractivity contribution in [3.63, 3.8) is 0 Å². The molecule has 0 aromatic heterocycles. The molecular weight excluding hydrogens is 261 g/mol. The average Bonchev–Trinajstić information content (AvgIpc) is 2.23. The fourth-order valence-electron chi connectivity index (χ4n) is 1.30. The van der Waals surface area contributed by atoms with E-state index in [1.54, 1.807) is 0 Å². The number of para-hydroxylation sites is 1. The minimum atomic E-state index is -0.351. The minimum absolute atomic E-state index is 0.351. The molecule has 0 saturated heterocycles. The Morgan fingerprint density at radius 3 is 2.87 bits per heavy atom. The highest BCUT2D eigenvalue weighted by Crippen LogP contribution is 2.29. The number of hydrogen-bond donors (Lipinski definition) is 1. The lowest BCUT2D eigenvalue weighted by Crippen LogP contribution is -2.06. The molecule has 2 nitrogen and oxygen atoms in total. The van der Waals surface area contributed by atoms with Crippen molar-refractivity contribution in [1.29, 1.82) is 0 Å². The molecule has 0 radical (unpaired) electrons. The van der Waals surface area contributed by atoms with Gasteiger partial charge in [-0.05, 0) is 40.5 Å². The predicted molar refractivity (Wildman–Crippen MR) is 63.0 cm³/mol. The van der Waals surface area contributed by atoms with Crippen LogP contribution in [0.25, 0.3) is 0 Å². The summed E-state index contributed by atoms with van der Waals surface area (Å²) in [5, 5.41) is 0. The fraction of sp³-hybridized carbons (Fsp3) is 0.455. The first-order valence-electron chi connectivity index (χ1n) is 4.95. The van der Waals surface area contributed by atoms with E-state index in [9.17, 15) is 4.39 Å². The van der Waals surface area contributed by atoms with E-state index in [1.807, 2.05) is 18.2 Å². The largest absolute Gasteiger partial charge is 0.492 e. The monoisotopic (exact) mass is 275 g/mol. The molecule has 0 heterocycles. The van der Waals surface area contributed by atoms with Gasteiger partial charge in [0.05, 0.1) is 17.8 Å². The van der Waals surface area contributed by atoms with E-state index in [1.165, 1.54) is 0 Å². The van der Waals surface area contributed by atoms with Gasteiger partial charge in [0.25, 0.3) is 0 Å². The van der Waals surface area contributed by atoms with Crippen LogP contribution in [0.1, 0.15) is 12.0 Å². The van der Waals surface area contributed by atoms with Crippen LogP contribution in [-0.4, -0.2) is 19.8 Å². The number of rotatable bonds is 6. The Kier molecular flexibility index (Phi) is 5.65. The van der Waals surface area contributed by atoms with Gasteiger partial charge in [0.15, 0.2) is 0 Å². The van der Waals surface area contributed by atoms with Gasteiger partial charge in [0, 0.05) is 6.42 Å². The highest BCUT2D eigenvalue weighted by molar-refractivity contribution is 9.10. The molecule has 4 heteroatoms. The summed E-state index contributed by atoms with van der Waals surface area (Å²) in [5.74, 6) is 0.788. The Morgan fingerprint density at radius 1 is 1.40 bits per heavy atom. The van der Waals surface area contributed by atoms with E-state index < -0.39 is 0 Å². The summed E-state index contributed by atoms with van der Waals surface area (Å²) in [6.45, 7) is 0.628. The van der Waals surface area contributed by atoms with Crippen LogP contribution in [0.2, 0.25) is 0 Å². The second kappa shape index (κ2) is 6.80. The van der Waals surface area contributed by atoms with Crippen LogP contribution in [0.4, 0.5) is 4.39 Å². The maximum absolute atomic E-state index is 11.9. The third-order valence-electron chi connectivity index (χ3n) is 1.99. The van der Waals surface area contributed by atoms with Crippen molar-refractivity contribution in [2.24, 2.45) is 5.73 Å². The number of ether oxygens (including phenoxy) is 1. The topological polar surface area (TPSA) is 35.2 Å². The zero-order valence-electron chi connectivity index (χ0n) is 8.51. The second-order valence-electron chi connectivity index (χ2n) is 3.16. The van der Waals surface area contributed by atoms with Crippen molar-refractivity contribution in [3.8, 4) is 5.75 Å². The molecule has 15 heavy (non-hydrogen) atoms. The van der Waals surface area contributed by atoms with E-state index in [-0.39, 0.29) is 6.67 Å². The highest BCUT2D eigenvalue weighted by atomic mass is 79.9. The van der Waals surface area contributed by atoms with Gasteiger partial charge >= 0.3 is 0 Å².